The first kappa shape index (κ1) is 11.1. The van der Waals surface area contributed by atoms with Crippen molar-refractivity contribution in [3.05, 3.63) is 39.8 Å². The predicted octanol–water partition coefficient (Wildman–Crippen LogP) is 2.74. The zero-order chi connectivity index (χ0) is 11.5. The van der Waals surface area contributed by atoms with Crippen molar-refractivity contribution in [2.45, 2.75) is 0 Å². The molecular formula is C10H8BrN3OS. The summed E-state index contributed by atoms with van der Waals surface area (Å²) in [7, 11) is 0. The summed E-state index contributed by atoms with van der Waals surface area (Å²) < 4.78 is 0.704. The number of thiazole rings is 1. The standard InChI is InChI=1S/C10H8BrN3OS/c11-8-2-1-6(12)5-7(8)9(15)14-10-13-3-4-16-10/h1-5H,12H2,(H,13,14,15). The van der Waals surface area contributed by atoms with Crippen LogP contribution in [0.15, 0.2) is 34.2 Å². The van der Waals surface area contributed by atoms with Gasteiger partial charge in [0.1, 0.15) is 0 Å². The molecule has 1 heterocycles. The van der Waals surface area contributed by atoms with Gasteiger partial charge in [0.2, 0.25) is 0 Å². The van der Waals surface area contributed by atoms with Crippen LogP contribution in [0.4, 0.5) is 10.8 Å². The van der Waals surface area contributed by atoms with E-state index in [1.807, 2.05) is 0 Å². The lowest BCUT2D eigenvalue weighted by Crippen LogP contribution is -2.12. The van der Waals surface area contributed by atoms with Gasteiger partial charge in [0.05, 0.1) is 5.56 Å². The number of hydrogen-bond donors (Lipinski definition) is 2. The highest BCUT2D eigenvalue weighted by Gasteiger charge is 2.11. The van der Waals surface area contributed by atoms with E-state index in [2.05, 4.69) is 26.2 Å². The van der Waals surface area contributed by atoms with Gasteiger partial charge in [-0.25, -0.2) is 4.98 Å². The highest BCUT2D eigenvalue weighted by molar-refractivity contribution is 9.10. The van der Waals surface area contributed by atoms with E-state index in [0.717, 1.165) is 0 Å². The number of hydrogen-bond acceptors (Lipinski definition) is 4. The zero-order valence-electron chi connectivity index (χ0n) is 8.11. The van der Waals surface area contributed by atoms with Crippen molar-refractivity contribution in [3.8, 4) is 0 Å². The molecule has 16 heavy (non-hydrogen) atoms. The van der Waals surface area contributed by atoms with Gasteiger partial charge < -0.3 is 5.73 Å². The second-order valence-corrected chi connectivity index (χ2v) is 4.78. The van der Waals surface area contributed by atoms with Crippen molar-refractivity contribution in [1.29, 1.82) is 0 Å². The summed E-state index contributed by atoms with van der Waals surface area (Å²) in [5, 5.41) is 5.05. The molecule has 82 valence electrons. The molecule has 0 atom stereocenters. The van der Waals surface area contributed by atoms with Crippen LogP contribution in [-0.4, -0.2) is 10.9 Å². The third-order valence-corrected chi connectivity index (χ3v) is 3.27. The van der Waals surface area contributed by atoms with E-state index in [4.69, 9.17) is 5.73 Å². The Balaban J connectivity index is 2.24. The van der Waals surface area contributed by atoms with Crippen LogP contribution in [0, 0.1) is 0 Å². The smallest absolute Gasteiger partial charge is 0.258 e. The van der Waals surface area contributed by atoms with Crippen LogP contribution in [0.1, 0.15) is 10.4 Å². The minimum absolute atomic E-state index is 0.228. The number of benzene rings is 1. The van der Waals surface area contributed by atoms with Gasteiger partial charge in [-0.2, -0.15) is 0 Å². The first-order valence-electron chi connectivity index (χ1n) is 4.42. The van der Waals surface area contributed by atoms with Gasteiger partial charge in [-0.1, -0.05) is 0 Å². The number of halogens is 1. The van der Waals surface area contributed by atoms with E-state index in [1.165, 1.54) is 11.3 Å². The molecule has 1 aromatic heterocycles. The summed E-state index contributed by atoms with van der Waals surface area (Å²) in [5.41, 5.74) is 6.67. The number of aromatic nitrogens is 1. The fraction of sp³-hybridized carbons (Fsp3) is 0. The molecule has 2 rings (SSSR count). The molecule has 0 saturated heterocycles. The Kier molecular flexibility index (Phi) is 3.21. The van der Waals surface area contributed by atoms with Crippen molar-refractivity contribution in [2.24, 2.45) is 0 Å². The zero-order valence-corrected chi connectivity index (χ0v) is 10.5. The quantitative estimate of drug-likeness (QED) is 0.838. The SMILES string of the molecule is Nc1ccc(Br)c(C(=O)Nc2nccs2)c1. The molecule has 0 saturated carbocycles. The molecule has 0 spiro atoms. The van der Waals surface area contributed by atoms with E-state index < -0.39 is 0 Å². The van der Waals surface area contributed by atoms with Gasteiger partial charge in [0, 0.05) is 21.7 Å². The van der Waals surface area contributed by atoms with Crippen molar-refractivity contribution in [3.63, 3.8) is 0 Å². The number of nitrogens with one attached hydrogen (secondary N) is 1. The average Bonchev–Trinajstić information content (AvgIpc) is 2.74. The molecule has 1 amide bonds. The van der Waals surface area contributed by atoms with Gasteiger partial charge in [-0.15, -0.1) is 11.3 Å². The third-order valence-electron chi connectivity index (χ3n) is 1.89. The summed E-state index contributed by atoms with van der Waals surface area (Å²) in [6, 6.07) is 5.09. The Bertz CT molecular complexity index is 513. The summed E-state index contributed by atoms with van der Waals surface area (Å²) in [6.07, 6.45) is 1.63. The third kappa shape index (κ3) is 2.40. The van der Waals surface area contributed by atoms with Crippen LogP contribution in [0.3, 0.4) is 0 Å². The summed E-state index contributed by atoms with van der Waals surface area (Å²) in [4.78, 5) is 15.8. The number of nitrogens with zero attached hydrogens (tertiary/aromatic N) is 1. The molecule has 0 aliphatic carbocycles. The van der Waals surface area contributed by atoms with Gasteiger partial charge in [0.15, 0.2) is 5.13 Å². The van der Waals surface area contributed by atoms with Crippen molar-refractivity contribution >= 4 is 44.0 Å². The Labute approximate surface area is 105 Å². The number of carbonyl (C=O) groups excluding carboxylic acids is 1. The minimum Gasteiger partial charge on any atom is -0.399 e. The second kappa shape index (κ2) is 4.63. The number of nitrogens with two attached hydrogens (primary N) is 1. The maximum Gasteiger partial charge on any atom is 0.258 e. The molecule has 2 aromatic rings. The van der Waals surface area contributed by atoms with Gasteiger partial charge in [-0.05, 0) is 34.1 Å². The number of amides is 1. The second-order valence-electron chi connectivity index (χ2n) is 3.03. The monoisotopic (exact) mass is 297 g/mol. The van der Waals surface area contributed by atoms with Crippen molar-refractivity contribution in [2.75, 3.05) is 11.1 Å². The first-order chi connectivity index (χ1) is 7.66. The molecule has 0 fully saturated rings. The summed E-state index contributed by atoms with van der Waals surface area (Å²) >= 11 is 4.67. The van der Waals surface area contributed by atoms with E-state index >= 15 is 0 Å². The number of rotatable bonds is 2. The predicted molar refractivity (Wildman–Crippen MR) is 68.6 cm³/mol. The van der Waals surface area contributed by atoms with Crippen LogP contribution in [0.25, 0.3) is 0 Å². The molecular weight excluding hydrogens is 290 g/mol. The van der Waals surface area contributed by atoms with Gasteiger partial charge in [-0.3, -0.25) is 10.1 Å². The van der Waals surface area contributed by atoms with Gasteiger partial charge >= 0.3 is 0 Å². The topological polar surface area (TPSA) is 68.0 Å². The highest BCUT2D eigenvalue weighted by Crippen LogP contribution is 2.21. The molecule has 1 aromatic carbocycles. The Morgan fingerprint density at radius 2 is 2.31 bits per heavy atom. The number of carbonyl (C=O) groups is 1. The van der Waals surface area contributed by atoms with Crippen LogP contribution >= 0.6 is 27.3 Å². The molecule has 0 aliphatic heterocycles. The Morgan fingerprint density at radius 1 is 1.50 bits per heavy atom. The van der Waals surface area contributed by atoms with E-state index in [1.54, 1.807) is 29.8 Å². The maximum absolute atomic E-state index is 11.9. The lowest BCUT2D eigenvalue weighted by Gasteiger charge is -2.05. The number of anilines is 2. The van der Waals surface area contributed by atoms with Gasteiger partial charge in [0.25, 0.3) is 5.91 Å². The fourth-order valence-electron chi connectivity index (χ4n) is 1.17. The van der Waals surface area contributed by atoms with E-state index in [0.29, 0.717) is 20.9 Å². The fourth-order valence-corrected chi connectivity index (χ4v) is 2.12. The molecule has 0 bridgehead atoms. The molecule has 4 nitrogen and oxygen atoms in total. The van der Waals surface area contributed by atoms with E-state index in [-0.39, 0.29) is 5.91 Å². The maximum atomic E-state index is 11.9. The van der Waals surface area contributed by atoms with Crippen molar-refractivity contribution < 1.29 is 4.79 Å². The lowest BCUT2D eigenvalue weighted by atomic mass is 10.2. The van der Waals surface area contributed by atoms with Crippen molar-refractivity contribution in [1.82, 2.24) is 4.98 Å². The lowest BCUT2D eigenvalue weighted by molar-refractivity contribution is 0.102. The Morgan fingerprint density at radius 3 is 3.00 bits per heavy atom. The first-order valence-corrected chi connectivity index (χ1v) is 6.10. The summed E-state index contributed by atoms with van der Waals surface area (Å²) in [6.45, 7) is 0. The van der Waals surface area contributed by atoms with Crippen LogP contribution in [-0.2, 0) is 0 Å². The minimum atomic E-state index is -0.228. The molecule has 0 radical (unpaired) electrons. The normalized spacial score (nSPS) is 10.1. The molecule has 0 unspecified atom stereocenters. The Hall–Kier alpha value is -1.40. The molecule has 3 N–H and O–H groups in total. The highest BCUT2D eigenvalue weighted by atomic mass is 79.9. The van der Waals surface area contributed by atoms with Crippen LogP contribution in [0.2, 0.25) is 0 Å². The molecule has 6 heteroatoms. The van der Waals surface area contributed by atoms with Crippen LogP contribution < -0.4 is 11.1 Å². The summed E-state index contributed by atoms with van der Waals surface area (Å²) in [5.74, 6) is -0.228. The van der Waals surface area contributed by atoms with E-state index in [9.17, 15) is 4.79 Å². The number of nitrogen functional groups attached to an aromatic ring is 1. The largest absolute Gasteiger partial charge is 0.399 e. The molecule has 0 aliphatic rings. The average molecular weight is 298 g/mol. The van der Waals surface area contributed by atoms with Crippen LogP contribution in [0.5, 0.6) is 0 Å².